The molecular formula is C17H20N3O2Si+. The molecule has 0 bridgehead atoms. The maximum atomic E-state index is 11.5. The van der Waals surface area contributed by atoms with Gasteiger partial charge in [-0.05, 0) is 30.8 Å². The molecule has 1 unspecified atom stereocenters. The van der Waals surface area contributed by atoms with Crippen LogP contribution in [-0.2, 0) is 10.8 Å². The van der Waals surface area contributed by atoms with Crippen molar-refractivity contribution in [1.29, 1.82) is 0 Å². The van der Waals surface area contributed by atoms with Crippen LogP contribution >= 0.6 is 0 Å². The molecule has 6 heteroatoms. The normalized spacial score (nSPS) is 19.8. The van der Waals surface area contributed by atoms with Gasteiger partial charge in [-0.15, -0.1) is 0 Å². The smallest absolute Gasteiger partial charge is 0.250 e. The Morgan fingerprint density at radius 3 is 2.65 bits per heavy atom. The molecule has 3 N–H and O–H groups in total. The van der Waals surface area contributed by atoms with Crippen LogP contribution in [0.25, 0.3) is 0 Å². The standard InChI is InChI=1S/C17H19N3O2Si/c1-23(2,22)11-12-6-8-14(9-7-12)20-10-13-4-3-5-15(17(18)21)16(13)19-20/h3-10,13,22H,11H2,1-2H3,(H-,18,21)/p+1. The molecule has 1 aromatic carbocycles. The summed E-state index contributed by atoms with van der Waals surface area (Å²) in [5.41, 5.74) is 8.60. The predicted octanol–water partition coefficient (Wildman–Crippen LogP) is 1.65. The van der Waals surface area contributed by atoms with Crippen LogP contribution in [0.5, 0.6) is 0 Å². The molecule has 0 radical (unpaired) electrons. The molecule has 1 aromatic rings. The van der Waals surface area contributed by atoms with Crippen molar-refractivity contribution in [3.63, 3.8) is 0 Å². The first-order chi connectivity index (χ1) is 10.8. The van der Waals surface area contributed by atoms with Crippen molar-refractivity contribution >= 4 is 31.8 Å². The van der Waals surface area contributed by atoms with Gasteiger partial charge in [0.25, 0.3) is 5.91 Å². The van der Waals surface area contributed by atoms with E-state index in [2.05, 4.69) is 5.10 Å². The highest BCUT2D eigenvalue weighted by molar-refractivity contribution is 6.69. The van der Waals surface area contributed by atoms with Crippen LogP contribution in [0, 0.1) is 5.92 Å². The van der Waals surface area contributed by atoms with E-state index >= 15 is 0 Å². The van der Waals surface area contributed by atoms with Gasteiger partial charge in [-0.2, -0.15) is 0 Å². The number of hydrogen-bond donors (Lipinski definition) is 2. The van der Waals surface area contributed by atoms with Crippen LogP contribution in [0.2, 0.25) is 13.1 Å². The Bertz CT molecular complexity index is 768. The number of carbonyl (C=O) groups is 1. The summed E-state index contributed by atoms with van der Waals surface area (Å²) in [6.45, 7) is 3.85. The summed E-state index contributed by atoms with van der Waals surface area (Å²) in [5.74, 6) is -0.482. The number of hydrogen-bond acceptors (Lipinski definition) is 3. The average molecular weight is 326 g/mol. The number of amides is 1. The van der Waals surface area contributed by atoms with Gasteiger partial charge in [0.05, 0.1) is 5.57 Å². The van der Waals surface area contributed by atoms with Gasteiger partial charge in [-0.3, -0.25) is 4.79 Å². The van der Waals surface area contributed by atoms with Gasteiger partial charge in [-0.25, -0.2) is 0 Å². The Kier molecular flexibility index (Phi) is 3.87. The van der Waals surface area contributed by atoms with E-state index in [1.807, 2.05) is 55.7 Å². The minimum Gasteiger partial charge on any atom is -0.432 e. The minimum absolute atomic E-state index is 0.0223. The lowest BCUT2D eigenvalue weighted by Crippen LogP contribution is -2.28. The quantitative estimate of drug-likeness (QED) is 0.652. The molecule has 0 spiro atoms. The Morgan fingerprint density at radius 1 is 1.35 bits per heavy atom. The lowest BCUT2D eigenvalue weighted by Gasteiger charge is -2.13. The van der Waals surface area contributed by atoms with Gasteiger partial charge >= 0.3 is 0 Å². The summed E-state index contributed by atoms with van der Waals surface area (Å²) >= 11 is 0. The van der Waals surface area contributed by atoms with Crippen LogP contribution < -0.4 is 5.73 Å². The molecule has 118 valence electrons. The first-order valence-corrected chi connectivity index (χ1v) is 10.7. The molecule has 23 heavy (non-hydrogen) atoms. The molecule has 0 aromatic heterocycles. The van der Waals surface area contributed by atoms with E-state index in [-0.39, 0.29) is 5.92 Å². The van der Waals surface area contributed by atoms with Crippen molar-refractivity contribution in [3.8, 4) is 0 Å². The first kappa shape index (κ1) is 15.6. The number of primary amides is 1. The summed E-state index contributed by atoms with van der Waals surface area (Å²) in [6, 6.07) is 8.70. The number of carbonyl (C=O) groups excluding carboxylic acids is 1. The summed E-state index contributed by atoms with van der Waals surface area (Å²) in [4.78, 5) is 21.5. The van der Waals surface area contributed by atoms with Crippen LogP contribution in [0.1, 0.15) is 5.56 Å². The molecule has 0 fully saturated rings. The van der Waals surface area contributed by atoms with E-state index in [9.17, 15) is 9.59 Å². The second-order valence-electron chi connectivity index (χ2n) is 6.49. The molecule has 5 nitrogen and oxygen atoms in total. The van der Waals surface area contributed by atoms with Gasteiger partial charge in [0.1, 0.15) is 11.6 Å². The largest absolute Gasteiger partial charge is 0.432 e. The molecule has 1 heterocycles. The monoisotopic (exact) mass is 326 g/mol. The number of fused-ring (bicyclic) bond motifs is 1. The molecule has 3 rings (SSSR count). The molecule has 0 saturated carbocycles. The Labute approximate surface area is 136 Å². The minimum atomic E-state index is -2.11. The molecule has 1 aliphatic heterocycles. The van der Waals surface area contributed by atoms with Crippen LogP contribution in [0.3, 0.4) is 0 Å². The number of nitrogens with zero attached hydrogens (tertiary/aromatic N) is 2. The Hall–Kier alpha value is -2.31. The van der Waals surface area contributed by atoms with Gasteiger partial charge in [0, 0.05) is 17.2 Å². The van der Waals surface area contributed by atoms with Crippen molar-refractivity contribution in [1.82, 2.24) is 0 Å². The topological polar surface area (TPSA) is 78.7 Å². The number of allylic oxidation sites excluding steroid dienone is 3. The number of hydrazone groups is 1. The average Bonchev–Trinajstić information content (AvgIpc) is 2.89. The Morgan fingerprint density at radius 2 is 2.04 bits per heavy atom. The summed E-state index contributed by atoms with van der Waals surface area (Å²) in [5, 5.41) is 4.52. The third-order valence-electron chi connectivity index (χ3n) is 3.79. The van der Waals surface area contributed by atoms with Gasteiger partial charge < -0.3 is 10.5 Å². The number of nitrogens with two attached hydrogens (primary N) is 1. The van der Waals surface area contributed by atoms with E-state index < -0.39 is 14.2 Å². The lowest BCUT2D eigenvalue weighted by molar-refractivity contribution is -0.437. The van der Waals surface area contributed by atoms with E-state index in [0.29, 0.717) is 11.3 Å². The van der Waals surface area contributed by atoms with E-state index in [4.69, 9.17) is 5.73 Å². The van der Waals surface area contributed by atoms with Crippen molar-refractivity contribution in [2.45, 2.75) is 19.1 Å². The lowest BCUT2D eigenvalue weighted by atomic mass is 9.93. The van der Waals surface area contributed by atoms with E-state index in [1.165, 1.54) is 0 Å². The van der Waals surface area contributed by atoms with Crippen molar-refractivity contribution in [3.05, 3.63) is 53.6 Å². The molecule has 1 amide bonds. The Balaban J connectivity index is 1.85. The van der Waals surface area contributed by atoms with Crippen LogP contribution in [0.4, 0.5) is 5.69 Å². The van der Waals surface area contributed by atoms with Crippen molar-refractivity contribution in [2.24, 2.45) is 16.8 Å². The van der Waals surface area contributed by atoms with E-state index in [1.54, 1.807) is 10.8 Å². The zero-order valence-corrected chi connectivity index (χ0v) is 14.2. The van der Waals surface area contributed by atoms with Crippen LogP contribution in [-0.4, -0.2) is 35.6 Å². The van der Waals surface area contributed by atoms with E-state index in [0.717, 1.165) is 17.3 Å². The maximum Gasteiger partial charge on any atom is 0.250 e. The molecule has 0 saturated heterocycles. The third-order valence-corrected chi connectivity index (χ3v) is 5.07. The fraction of sp³-hybridized carbons (Fsp3) is 0.235. The second kappa shape index (κ2) is 5.71. The zero-order valence-electron chi connectivity index (χ0n) is 13.2. The maximum absolute atomic E-state index is 11.5. The van der Waals surface area contributed by atoms with Crippen molar-refractivity contribution in [2.75, 3.05) is 0 Å². The molecular weight excluding hydrogens is 306 g/mol. The number of benzene rings is 1. The summed E-state index contributed by atoms with van der Waals surface area (Å²) in [7, 11) is -2.11. The van der Waals surface area contributed by atoms with Gasteiger partial charge in [0.2, 0.25) is 5.69 Å². The highest BCUT2D eigenvalue weighted by Crippen LogP contribution is 2.24. The third kappa shape index (κ3) is 3.38. The van der Waals surface area contributed by atoms with Crippen LogP contribution in [0.15, 0.2) is 53.2 Å². The highest BCUT2D eigenvalue weighted by atomic mass is 28.4. The summed E-state index contributed by atoms with van der Waals surface area (Å²) in [6.07, 6.45) is 7.48. The fourth-order valence-corrected chi connectivity index (χ4v) is 4.02. The number of rotatable bonds is 4. The van der Waals surface area contributed by atoms with Gasteiger partial charge in [-0.1, -0.05) is 29.0 Å². The van der Waals surface area contributed by atoms with Gasteiger partial charge in [0.15, 0.2) is 14.5 Å². The molecule has 1 aliphatic carbocycles. The van der Waals surface area contributed by atoms with Crippen molar-refractivity contribution < 1.29 is 14.3 Å². The fourth-order valence-electron chi connectivity index (χ4n) is 2.79. The zero-order chi connectivity index (χ0) is 16.6. The summed E-state index contributed by atoms with van der Waals surface area (Å²) < 4.78 is 1.78. The highest BCUT2D eigenvalue weighted by Gasteiger charge is 2.33. The SMILES string of the molecule is C[Si](C)(O)Cc1ccc([N+]2=CC3C=CC=C(C(N)=O)C3=N2)cc1. The first-order valence-electron chi connectivity index (χ1n) is 7.56. The predicted molar refractivity (Wildman–Crippen MR) is 93.2 cm³/mol. The second-order valence-corrected chi connectivity index (χ2v) is 10.5. The molecule has 2 aliphatic rings. The molecule has 1 atom stereocenters.